The fraction of sp³-hybridized carbons (Fsp3) is 0.227. The molecule has 1 N–H and O–H groups in total. The molecule has 0 spiro atoms. The predicted molar refractivity (Wildman–Crippen MR) is 111 cm³/mol. The largest absolute Gasteiger partial charge is 0.493 e. The molecule has 0 radical (unpaired) electrons. The molecule has 7 heteroatoms. The van der Waals surface area contributed by atoms with Crippen LogP contribution >= 0.6 is 0 Å². The highest BCUT2D eigenvalue weighted by molar-refractivity contribution is 5.99. The number of nitro groups is 1. The average molecular weight is 394 g/mol. The number of methoxy groups -OCH3 is 1. The van der Waals surface area contributed by atoms with E-state index in [-0.39, 0.29) is 28.8 Å². The zero-order valence-corrected chi connectivity index (χ0v) is 16.5. The normalized spacial score (nSPS) is 11.7. The Morgan fingerprint density at radius 3 is 2.55 bits per heavy atom. The van der Waals surface area contributed by atoms with Crippen LogP contribution < -0.4 is 14.8 Å². The van der Waals surface area contributed by atoms with Crippen molar-refractivity contribution in [2.75, 3.05) is 13.7 Å². The first kappa shape index (κ1) is 20.1. The number of nitrogens with zero attached hydrogens (tertiary/aromatic N) is 1. The quantitative estimate of drug-likeness (QED) is 0.465. The molecular weight excluding hydrogens is 372 g/mol. The lowest BCUT2D eigenvalue weighted by molar-refractivity contribution is -0.385. The summed E-state index contributed by atoms with van der Waals surface area (Å²) in [6.07, 6.45) is 0. The van der Waals surface area contributed by atoms with Crippen LogP contribution in [-0.4, -0.2) is 24.5 Å². The number of fused-ring (bicyclic) bond motifs is 1. The minimum absolute atomic E-state index is 0.0811. The smallest absolute Gasteiger partial charge is 0.286 e. The summed E-state index contributed by atoms with van der Waals surface area (Å²) in [7, 11) is 1.42. The van der Waals surface area contributed by atoms with Gasteiger partial charge in [-0.1, -0.05) is 42.5 Å². The Kier molecular flexibility index (Phi) is 5.97. The molecule has 0 saturated carbocycles. The van der Waals surface area contributed by atoms with Gasteiger partial charge in [0.05, 0.1) is 30.7 Å². The van der Waals surface area contributed by atoms with Gasteiger partial charge in [0.1, 0.15) is 5.56 Å². The topological polar surface area (TPSA) is 90.7 Å². The Morgan fingerprint density at radius 2 is 1.86 bits per heavy atom. The van der Waals surface area contributed by atoms with Crippen LogP contribution in [0.15, 0.2) is 54.6 Å². The third kappa shape index (κ3) is 4.13. The first-order valence-corrected chi connectivity index (χ1v) is 9.24. The molecule has 0 aromatic heterocycles. The van der Waals surface area contributed by atoms with Crippen molar-refractivity contribution >= 4 is 22.4 Å². The summed E-state index contributed by atoms with van der Waals surface area (Å²) >= 11 is 0. The molecule has 0 saturated heterocycles. The lowest BCUT2D eigenvalue weighted by atomic mass is 9.99. The third-order valence-electron chi connectivity index (χ3n) is 4.66. The second kappa shape index (κ2) is 8.60. The summed E-state index contributed by atoms with van der Waals surface area (Å²) < 4.78 is 10.6. The van der Waals surface area contributed by atoms with Crippen molar-refractivity contribution in [3.05, 3.63) is 75.8 Å². The maximum Gasteiger partial charge on any atom is 0.286 e. The molecule has 3 rings (SSSR count). The van der Waals surface area contributed by atoms with E-state index in [2.05, 4.69) is 5.32 Å². The van der Waals surface area contributed by atoms with Crippen LogP contribution in [0.1, 0.15) is 35.8 Å². The molecule has 0 aliphatic carbocycles. The summed E-state index contributed by atoms with van der Waals surface area (Å²) in [5.41, 5.74) is 0.510. The van der Waals surface area contributed by atoms with Crippen LogP contribution in [0.5, 0.6) is 11.5 Å². The van der Waals surface area contributed by atoms with Gasteiger partial charge in [0.15, 0.2) is 11.5 Å². The molecule has 3 aromatic carbocycles. The number of hydrogen-bond donors (Lipinski definition) is 1. The van der Waals surface area contributed by atoms with E-state index in [1.807, 2.05) is 49.4 Å². The summed E-state index contributed by atoms with van der Waals surface area (Å²) in [4.78, 5) is 23.9. The number of rotatable bonds is 7. The van der Waals surface area contributed by atoms with Gasteiger partial charge in [-0.05, 0) is 30.2 Å². The molecule has 29 heavy (non-hydrogen) atoms. The van der Waals surface area contributed by atoms with Crippen molar-refractivity contribution in [3.63, 3.8) is 0 Å². The molecule has 0 fully saturated rings. The van der Waals surface area contributed by atoms with E-state index in [1.54, 1.807) is 6.92 Å². The van der Waals surface area contributed by atoms with Crippen molar-refractivity contribution in [3.8, 4) is 11.5 Å². The Hall–Kier alpha value is -3.61. The molecule has 150 valence electrons. The molecule has 0 heterocycles. The van der Waals surface area contributed by atoms with E-state index in [4.69, 9.17) is 9.47 Å². The molecule has 0 bridgehead atoms. The summed E-state index contributed by atoms with van der Waals surface area (Å²) in [6, 6.07) is 15.9. The van der Waals surface area contributed by atoms with Crippen LogP contribution in [-0.2, 0) is 0 Å². The maximum absolute atomic E-state index is 12.9. The van der Waals surface area contributed by atoms with Gasteiger partial charge >= 0.3 is 0 Å². The van der Waals surface area contributed by atoms with E-state index in [1.165, 1.54) is 19.2 Å². The number of hydrogen-bond acceptors (Lipinski definition) is 5. The van der Waals surface area contributed by atoms with Gasteiger partial charge in [-0.15, -0.1) is 0 Å². The van der Waals surface area contributed by atoms with Gasteiger partial charge < -0.3 is 14.8 Å². The summed E-state index contributed by atoms with van der Waals surface area (Å²) in [5, 5.41) is 16.5. The third-order valence-corrected chi connectivity index (χ3v) is 4.66. The zero-order valence-electron chi connectivity index (χ0n) is 16.5. The van der Waals surface area contributed by atoms with Gasteiger partial charge in [0.25, 0.3) is 11.6 Å². The Balaban J connectivity index is 1.96. The minimum atomic E-state index is -0.598. The second-order valence-electron chi connectivity index (χ2n) is 6.47. The first-order valence-electron chi connectivity index (χ1n) is 9.24. The van der Waals surface area contributed by atoms with E-state index >= 15 is 0 Å². The van der Waals surface area contributed by atoms with E-state index in [9.17, 15) is 14.9 Å². The Bertz CT molecular complexity index is 1060. The van der Waals surface area contributed by atoms with Crippen molar-refractivity contribution < 1.29 is 19.2 Å². The van der Waals surface area contributed by atoms with Gasteiger partial charge in [-0.2, -0.15) is 0 Å². The highest BCUT2D eigenvalue weighted by atomic mass is 16.6. The minimum Gasteiger partial charge on any atom is -0.493 e. The highest BCUT2D eigenvalue weighted by Crippen LogP contribution is 2.35. The molecule has 7 nitrogen and oxygen atoms in total. The highest BCUT2D eigenvalue weighted by Gasteiger charge is 2.26. The fourth-order valence-corrected chi connectivity index (χ4v) is 3.29. The number of carbonyl (C=O) groups excluding carboxylic acids is 1. The molecule has 0 aliphatic rings. The number of nitrogens with one attached hydrogen (secondary N) is 1. The standard InChI is InChI=1S/C22H22N2O5/c1-4-29-21-13-19(24(26)27)18(12-20(21)28-3)22(25)23-14(2)16-11-7-9-15-8-5-6-10-17(15)16/h5-14H,4H2,1-3H3,(H,23,25). The number of benzene rings is 3. The SMILES string of the molecule is CCOc1cc([N+](=O)[O-])c(C(=O)NC(C)c2cccc3ccccc23)cc1OC. The van der Waals surface area contributed by atoms with E-state index < -0.39 is 10.8 Å². The number of ether oxygens (including phenoxy) is 2. The van der Waals surface area contributed by atoms with E-state index in [0.29, 0.717) is 6.61 Å². The van der Waals surface area contributed by atoms with Crippen LogP contribution in [0, 0.1) is 10.1 Å². The van der Waals surface area contributed by atoms with Crippen molar-refractivity contribution in [1.29, 1.82) is 0 Å². The van der Waals surface area contributed by atoms with Crippen LogP contribution in [0.3, 0.4) is 0 Å². The van der Waals surface area contributed by atoms with E-state index in [0.717, 1.165) is 16.3 Å². The number of nitro benzene ring substituents is 1. The maximum atomic E-state index is 12.9. The van der Waals surface area contributed by atoms with Gasteiger partial charge in [0.2, 0.25) is 0 Å². The first-order chi connectivity index (χ1) is 14.0. The van der Waals surface area contributed by atoms with Crippen molar-refractivity contribution in [2.45, 2.75) is 19.9 Å². The van der Waals surface area contributed by atoms with Crippen LogP contribution in [0.2, 0.25) is 0 Å². The molecule has 1 amide bonds. The predicted octanol–water partition coefficient (Wildman–Crippen LogP) is 4.65. The molecule has 0 aliphatic heterocycles. The van der Waals surface area contributed by atoms with Gasteiger partial charge in [-0.25, -0.2) is 0 Å². The number of carbonyl (C=O) groups is 1. The summed E-state index contributed by atoms with van der Waals surface area (Å²) in [6.45, 7) is 3.92. The van der Waals surface area contributed by atoms with Crippen molar-refractivity contribution in [1.82, 2.24) is 5.32 Å². The fourth-order valence-electron chi connectivity index (χ4n) is 3.29. The monoisotopic (exact) mass is 394 g/mol. The van der Waals surface area contributed by atoms with Crippen LogP contribution in [0.25, 0.3) is 10.8 Å². The average Bonchev–Trinajstić information content (AvgIpc) is 2.73. The van der Waals surface area contributed by atoms with Gasteiger partial charge in [-0.3, -0.25) is 14.9 Å². The molecule has 3 aromatic rings. The van der Waals surface area contributed by atoms with Crippen molar-refractivity contribution in [2.24, 2.45) is 0 Å². The second-order valence-corrected chi connectivity index (χ2v) is 6.47. The summed E-state index contributed by atoms with van der Waals surface area (Å²) in [5.74, 6) is -0.0701. The van der Waals surface area contributed by atoms with Crippen LogP contribution in [0.4, 0.5) is 5.69 Å². The zero-order chi connectivity index (χ0) is 21.0. The lowest BCUT2D eigenvalue weighted by Gasteiger charge is -2.17. The molecular formula is C22H22N2O5. The van der Waals surface area contributed by atoms with Gasteiger partial charge in [0, 0.05) is 6.07 Å². The lowest BCUT2D eigenvalue weighted by Crippen LogP contribution is -2.27. The molecule has 1 unspecified atom stereocenters. The number of amides is 1. The Morgan fingerprint density at radius 1 is 1.14 bits per heavy atom. The molecule has 1 atom stereocenters. The Labute approximate surface area is 168 Å².